The normalized spacial score (nSPS) is 13.7. The maximum Gasteiger partial charge on any atom is 0.329 e. The van der Waals surface area contributed by atoms with Crippen LogP contribution < -0.4 is 10.6 Å². The fourth-order valence-electron chi connectivity index (χ4n) is 1.14. The number of carboxylic acid groups (broad SMARTS) is 1. The number of hydrogen-bond acceptors (Lipinski definition) is 5. The molecule has 9 heteroatoms. The SMILES string of the molecule is CCC(C)(NC(=O)NCc1nnn(C)n1)C(=O)O. The van der Waals surface area contributed by atoms with Crippen LogP contribution >= 0.6 is 0 Å². The summed E-state index contributed by atoms with van der Waals surface area (Å²) in [6, 6.07) is -0.589. The minimum Gasteiger partial charge on any atom is -0.480 e. The van der Waals surface area contributed by atoms with Crippen LogP contribution in [-0.4, -0.2) is 42.9 Å². The molecular formula is C9H16N6O3. The second-order valence-corrected chi connectivity index (χ2v) is 3.99. The summed E-state index contributed by atoms with van der Waals surface area (Å²) in [6.07, 6.45) is 0.277. The maximum atomic E-state index is 11.5. The molecule has 0 saturated heterocycles. The summed E-state index contributed by atoms with van der Waals surface area (Å²) >= 11 is 0. The molecule has 0 aliphatic heterocycles. The number of aromatic nitrogens is 4. The Hall–Kier alpha value is -2.19. The van der Waals surface area contributed by atoms with E-state index in [9.17, 15) is 9.59 Å². The van der Waals surface area contributed by atoms with Crippen LogP contribution in [0.1, 0.15) is 26.1 Å². The Morgan fingerprint density at radius 2 is 2.17 bits per heavy atom. The number of urea groups is 1. The van der Waals surface area contributed by atoms with Crippen molar-refractivity contribution in [1.29, 1.82) is 0 Å². The minimum atomic E-state index is -1.29. The lowest BCUT2D eigenvalue weighted by atomic mass is 10.00. The molecule has 0 saturated carbocycles. The van der Waals surface area contributed by atoms with Gasteiger partial charge in [0.25, 0.3) is 0 Å². The van der Waals surface area contributed by atoms with Gasteiger partial charge in [0.15, 0.2) is 5.82 Å². The number of amides is 2. The molecule has 18 heavy (non-hydrogen) atoms. The second-order valence-electron chi connectivity index (χ2n) is 3.99. The highest BCUT2D eigenvalue weighted by atomic mass is 16.4. The molecular weight excluding hydrogens is 240 g/mol. The fourth-order valence-corrected chi connectivity index (χ4v) is 1.14. The fraction of sp³-hybridized carbons (Fsp3) is 0.667. The summed E-state index contributed by atoms with van der Waals surface area (Å²) in [7, 11) is 1.61. The third-order valence-electron chi connectivity index (χ3n) is 2.53. The number of tetrazole rings is 1. The van der Waals surface area contributed by atoms with E-state index >= 15 is 0 Å². The molecule has 2 amide bonds. The van der Waals surface area contributed by atoms with Gasteiger partial charge in [0, 0.05) is 0 Å². The van der Waals surface area contributed by atoms with Crippen molar-refractivity contribution in [1.82, 2.24) is 30.8 Å². The monoisotopic (exact) mass is 256 g/mol. The Balaban J connectivity index is 2.49. The van der Waals surface area contributed by atoms with Crippen molar-refractivity contribution in [3.8, 4) is 0 Å². The molecule has 0 spiro atoms. The lowest BCUT2D eigenvalue weighted by Gasteiger charge is -2.24. The first-order chi connectivity index (χ1) is 8.37. The number of aliphatic carboxylic acids is 1. The third-order valence-corrected chi connectivity index (χ3v) is 2.53. The number of carboxylic acids is 1. The highest BCUT2D eigenvalue weighted by Gasteiger charge is 2.32. The highest BCUT2D eigenvalue weighted by molar-refractivity contribution is 5.85. The summed E-state index contributed by atoms with van der Waals surface area (Å²) in [5.74, 6) is -0.737. The maximum absolute atomic E-state index is 11.5. The van der Waals surface area contributed by atoms with E-state index in [1.165, 1.54) is 11.7 Å². The molecule has 0 aliphatic rings. The molecule has 1 rings (SSSR count). The second kappa shape index (κ2) is 5.43. The van der Waals surface area contributed by atoms with Crippen molar-refractivity contribution in [2.45, 2.75) is 32.4 Å². The van der Waals surface area contributed by atoms with Gasteiger partial charge in [-0.1, -0.05) is 6.92 Å². The van der Waals surface area contributed by atoms with Crippen molar-refractivity contribution in [2.24, 2.45) is 7.05 Å². The van der Waals surface area contributed by atoms with Crippen LogP contribution in [0.3, 0.4) is 0 Å². The van der Waals surface area contributed by atoms with E-state index in [2.05, 4.69) is 26.0 Å². The number of nitrogens with zero attached hydrogens (tertiary/aromatic N) is 4. The van der Waals surface area contributed by atoms with E-state index < -0.39 is 17.5 Å². The van der Waals surface area contributed by atoms with Crippen molar-refractivity contribution in [3.05, 3.63) is 5.82 Å². The van der Waals surface area contributed by atoms with Crippen LogP contribution in [0, 0.1) is 0 Å². The standard InChI is InChI=1S/C9H16N6O3/c1-4-9(2,7(16)17)11-8(18)10-5-6-12-14-15(3)13-6/h4-5H2,1-3H3,(H,16,17)(H2,10,11,18). The molecule has 100 valence electrons. The van der Waals surface area contributed by atoms with Crippen LogP contribution in [0.4, 0.5) is 4.79 Å². The van der Waals surface area contributed by atoms with Crippen LogP contribution in [0.25, 0.3) is 0 Å². The number of rotatable bonds is 5. The predicted molar refractivity (Wildman–Crippen MR) is 60.5 cm³/mol. The third kappa shape index (κ3) is 3.40. The number of aryl methyl sites for hydroxylation is 1. The average molecular weight is 256 g/mol. The van der Waals surface area contributed by atoms with Gasteiger partial charge in [-0.05, 0) is 18.6 Å². The topological polar surface area (TPSA) is 122 Å². The van der Waals surface area contributed by atoms with Gasteiger partial charge in [0.2, 0.25) is 0 Å². The zero-order valence-corrected chi connectivity index (χ0v) is 10.5. The summed E-state index contributed by atoms with van der Waals surface area (Å²) in [4.78, 5) is 23.8. The Labute approximate surface area is 104 Å². The first-order valence-corrected chi connectivity index (χ1v) is 5.39. The Kier molecular flexibility index (Phi) is 4.18. The van der Waals surface area contributed by atoms with Gasteiger partial charge in [-0.15, -0.1) is 10.2 Å². The molecule has 3 N–H and O–H groups in total. The zero-order chi connectivity index (χ0) is 13.8. The molecule has 0 fully saturated rings. The number of hydrogen-bond donors (Lipinski definition) is 3. The molecule has 0 aromatic carbocycles. The van der Waals surface area contributed by atoms with Gasteiger partial charge >= 0.3 is 12.0 Å². The van der Waals surface area contributed by atoms with Crippen molar-refractivity contribution in [3.63, 3.8) is 0 Å². The zero-order valence-electron chi connectivity index (χ0n) is 10.5. The summed E-state index contributed by atoms with van der Waals surface area (Å²) in [6.45, 7) is 3.20. The molecule has 0 bridgehead atoms. The van der Waals surface area contributed by atoms with Gasteiger partial charge in [0.1, 0.15) is 5.54 Å². The van der Waals surface area contributed by atoms with Gasteiger partial charge in [0.05, 0.1) is 13.6 Å². The molecule has 9 nitrogen and oxygen atoms in total. The number of carbonyl (C=O) groups is 2. The minimum absolute atomic E-state index is 0.0824. The van der Waals surface area contributed by atoms with Crippen molar-refractivity contribution < 1.29 is 14.7 Å². The molecule has 1 atom stereocenters. The van der Waals surface area contributed by atoms with Crippen LogP contribution in [0.2, 0.25) is 0 Å². The molecule has 0 aliphatic carbocycles. The van der Waals surface area contributed by atoms with E-state index in [1.54, 1.807) is 14.0 Å². The summed E-state index contributed by atoms with van der Waals surface area (Å²) < 4.78 is 0. The van der Waals surface area contributed by atoms with E-state index in [4.69, 9.17) is 5.11 Å². The van der Waals surface area contributed by atoms with E-state index in [0.717, 1.165) is 0 Å². The molecule has 1 aromatic heterocycles. The predicted octanol–water partition coefficient (Wildman–Crippen LogP) is -0.737. The van der Waals surface area contributed by atoms with E-state index in [0.29, 0.717) is 5.82 Å². The summed E-state index contributed by atoms with van der Waals surface area (Å²) in [5.41, 5.74) is -1.29. The van der Waals surface area contributed by atoms with Crippen molar-refractivity contribution in [2.75, 3.05) is 0 Å². The first-order valence-electron chi connectivity index (χ1n) is 5.39. The van der Waals surface area contributed by atoms with Crippen LogP contribution in [0.15, 0.2) is 0 Å². The first kappa shape index (κ1) is 13.9. The van der Waals surface area contributed by atoms with Crippen LogP contribution in [-0.2, 0) is 18.4 Å². The molecule has 1 heterocycles. The summed E-state index contributed by atoms with van der Waals surface area (Å²) in [5, 5.41) is 25.0. The smallest absolute Gasteiger partial charge is 0.329 e. The quantitative estimate of drug-likeness (QED) is 0.638. The number of carbonyl (C=O) groups excluding carboxylic acids is 1. The highest BCUT2D eigenvalue weighted by Crippen LogP contribution is 2.08. The van der Waals surface area contributed by atoms with Crippen molar-refractivity contribution >= 4 is 12.0 Å². The van der Waals surface area contributed by atoms with E-state index in [-0.39, 0.29) is 13.0 Å². The Bertz CT molecular complexity index is 445. The molecule has 1 unspecified atom stereocenters. The Morgan fingerprint density at radius 1 is 1.50 bits per heavy atom. The molecule has 0 radical (unpaired) electrons. The lowest BCUT2D eigenvalue weighted by molar-refractivity contribution is -0.143. The van der Waals surface area contributed by atoms with E-state index in [1.807, 2.05) is 0 Å². The van der Waals surface area contributed by atoms with Gasteiger partial charge in [-0.25, -0.2) is 9.59 Å². The number of nitrogens with one attached hydrogen (secondary N) is 2. The van der Waals surface area contributed by atoms with Crippen LogP contribution in [0.5, 0.6) is 0 Å². The average Bonchev–Trinajstić information content (AvgIpc) is 2.72. The van der Waals surface area contributed by atoms with Gasteiger partial charge in [-0.2, -0.15) is 4.80 Å². The lowest BCUT2D eigenvalue weighted by Crippen LogP contribution is -2.54. The Morgan fingerprint density at radius 3 is 2.61 bits per heavy atom. The molecule has 1 aromatic rings. The van der Waals surface area contributed by atoms with Gasteiger partial charge < -0.3 is 15.7 Å². The van der Waals surface area contributed by atoms with Gasteiger partial charge in [-0.3, -0.25) is 0 Å². The largest absolute Gasteiger partial charge is 0.480 e.